The van der Waals surface area contributed by atoms with E-state index in [4.69, 9.17) is 0 Å². The molecule has 20 heavy (non-hydrogen) atoms. The minimum absolute atomic E-state index is 0.0137. The van der Waals surface area contributed by atoms with Gasteiger partial charge in [0.25, 0.3) is 0 Å². The molecule has 2 aromatic heterocycles. The number of H-pyrrole nitrogens is 1. The number of rotatable bonds is 3. The molecular formula is C12H17N7O. The van der Waals surface area contributed by atoms with Gasteiger partial charge in [-0.25, -0.2) is 4.98 Å². The quantitative estimate of drug-likeness (QED) is 0.735. The molecule has 3 rings (SSSR count). The molecule has 106 valence electrons. The van der Waals surface area contributed by atoms with Gasteiger partial charge in [-0.15, -0.1) is 0 Å². The highest BCUT2D eigenvalue weighted by molar-refractivity contribution is 5.90. The Balaban J connectivity index is 2.08. The van der Waals surface area contributed by atoms with E-state index < -0.39 is 0 Å². The molecule has 8 heteroatoms. The summed E-state index contributed by atoms with van der Waals surface area (Å²) in [5, 5.41) is 5.64. The topological polar surface area (TPSA) is 98.8 Å². The number of aromatic amines is 1. The van der Waals surface area contributed by atoms with E-state index in [9.17, 15) is 4.79 Å². The van der Waals surface area contributed by atoms with Crippen LogP contribution in [0.1, 0.15) is 12.8 Å². The van der Waals surface area contributed by atoms with E-state index in [2.05, 4.69) is 30.6 Å². The van der Waals surface area contributed by atoms with E-state index in [0.29, 0.717) is 11.6 Å². The second-order valence-electron chi connectivity index (χ2n) is 4.69. The van der Waals surface area contributed by atoms with Crippen LogP contribution in [0.3, 0.4) is 0 Å². The first-order valence-electron chi connectivity index (χ1n) is 6.61. The van der Waals surface area contributed by atoms with Crippen molar-refractivity contribution in [3.63, 3.8) is 0 Å². The first kappa shape index (κ1) is 12.6. The molecule has 3 heterocycles. The van der Waals surface area contributed by atoms with Crippen molar-refractivity contribution in [1.29, 1.82) is 0 Å². The number of likely N-dealkylation sites (N-methyl/N-ethyl adjacent to an activating group) is 1. The number of aromatic nitrogens is 4. The van der Waals surface area contributed by atoms with E-state index in [1.54, 1.807) is 20.4 Å². The Morgan fingerprint density at radius 1 is 1.45 bits per heavy atom. The lowest BCUT2D eigenvalue weighted by atomic mass is 10.2. The zero-order valence-electron chi connectivity index (χ0n) is 11.5. The molecule has 3 N–H and O–H groups in total. The summed E-state index contributed by atoms with van der Waals surface area (Å²) in [5.74, 6) is 1.24. The number of carbonyl (C=O) groups excluding carboxylic acids is 1. The van der Waals surface area contributed by atoms with Crippen molar-refractivity contribution < 1.29 is 4.79 Å². The molecule has 1 aliphatic rings. The first-order valence-corrected chi connectivity index (χ1v) is 6.61. The molecule has 0 saturated carbocycles. The van der Waals surface area contributed by atoms with Gasteiger partial charge in [-0.1, -0.05) is 0 Å². The van der Waals surface area contributed by atoms with Crippen LogP contribution >= 0.6 is 0 Å². The highest BCUT2D eigenvalue weighted by Crippen LogP contribution is 2.29. The Hall–Kier alpha value is -2.38. The number of hydrogen-bond acceptors (Lipinski definition) is 6. The van der Waals surface area contributed by atoms with Gasteiger partial charge in [-0.2, -0.15) is 9.97 Å². The maximum Gasteiger partial charge on any atom is 0.242 e. The van der Waals surface area contributed by atoms with Crippen molar-refractivity contribution in [1.82, 2.24) is 25.3 Å². The van der Waals surface area contributed by atoms with Gasteiger partial charge in [-0.05, 0) is 12.8 Å². The Bertz CT molecular complexity index is 638. The molecule has 1 atom stereocenters. The Labute approximate surface area is 116 Å². The van der Waals surface area contributed by atoms with Gasteiger partial charge in [-0.3, -0.25) is 4.79 Å². The van der Waals surface area contributed by atoms with Crippen molar-refractivity contribution in [2.75, 3.05) is 30.9 Å². The molecule has 0 radical (unpaired) electrons. The van der Waals surface area contributed by atoms with Crippen molar-refractivity contribution in [3.05, 3.63) is 6.33 Å². The van der Waals surface area contributed by atoms with Crippen molar-refractivity contribution in [2.45, 2.75) is 18.9 Å². The summed E-state index contributed by atoms with van der Waals surface area (Å²) in [5.41, 5.74) is 1.36. The molecule has 0 aliphatic carbocycles. The van der Waals surface area contributed by atoms with Gasteiger partial charge in [0.05, 0.1) is 6.33 Å². The van der Waals surface area contributed by atoms with E-state index in [-0.39, 0.29) is 11.9 Å². The van der Waals surface area contributed by atoms with Crippen LogP contribution in [-0.4, -0.2) is 52.5 Å². The molecule has 8 nitrogen and oxygen atoms in total. The summed E-state index contributed by atoms with van der Waals surface area (Å²) < 4.78 is 0. The number of carbonyl (C=O) groups is 1. The highest BCUT2D eigenvalue weighted by atomic mass is 16.2. The van der Waals surface area contributed by atoms with Crippen LogP contribution in [0.2, 0.25) is 0 Å². The monoisotopic (exact) mass is 275 g/mol. The average molecular weight is 275 g/mol. The summed E-state index contributed by atoms with van der Waals surface area (Å²) >= 11 is 0. The van der Waals surface area contributed by atoms with Crippen LogP contribution in [-0.2, 0) is 4.79 Å². The predicted octanol–water partition coefficient (Wildman–Crippen LogP) is 0.109. The van der Waals surface area contributed by atoms with E-state index in [1.165, 1.54) is 0 Å². The van der Waals surface area contributed by atoms with Crippen LogP contribution < -0.4 is 15.5 Å². The van der Waals surface area contributed by atoms with Gasteiger partial charge in [0, 0.05) is 20.6 Å². The lowest BCUT2D eigenvalue weighted by Gasteiger charge is -2.24. The van der Waals surface area contributed by atoms with Crippen LogP contribution in [0.15, 0.2) is 6.33 Å². The molecule has 1 amide bonds. The van der Waals surface area contributed by atoms with Crippen LogP contribution in [0, 0.1) is 0 Å². The number of amides is 1. The predicted molar refractivity (Wildman–Crippen MR) is 75.7 cm³/mol. The lowest BCUT2D eigenvalue weighted by molar-refractivity contribution is -0.121. The molecule has 1 unspecified atom stereocenters. The third-order valence-corrected chi connectivity index (χ3v) is 3.56. The molecule has 0 aromatic carbocycles. The van der Waals surface area contributed by atoms with Gasteiger partial charge in [0.2, 0.25) is 11.9 Å². The maximum absolute atomic E-state index is 12.0. The van der Waals surface area contributed by atoms with Crippen molar-refractivity contribution in [2.24, 2.45) is 0 Å². The molecule has 0 spiro atoms. The first-order chi connectivity index (χ1) is 9.74. The van der Waals surface area contributed by atoms with Crippen molar-refractivity contribution in [3.8, 4) is 0 Å². The Kier molecular flexibility index (Phi) is 3.13. The van der Waals surface area contributed by atoms with E-state index in [0.717, 1.165) is 30.7 Å². The number of fused-ring (bicyclic) bond motifs is 1. The van der Waals surface area contributed by atoms with Gasteiger partial charge in [0.1, 0.15) is 11.6 Å². The Morgan fingerprint density at radius 3 is 3.05 bits per heavy atom. The fraction of sp³-hybridized carbons (Fsp3) is 0.500. The molecule has 1 saturated heterocycles. The molecular weight excluding hydrogens is 258 g/mol. The minimum Gasteiger partial charge on any atom is -0.357 e. The normalized spacial score (nSPS) is 18.5. The largest absolute Gasteiger partial charge is 0.357 e. The number of nitrogens with one attached hydrogen (secondary N) is 3. The van der Waals surface area contributed by atoms with Gasteiger partial charge >= 0.3 is 0 Å². The number of hydrogen-bond donors (Lipinski definition) is 3. The summed E-state index contributed by atoms with van der Waals surface area (Å²) in [6.07, 6.45) is 3.38. The van der Waals surface area contributed by atoms with E-state index in [1.807, 2.05) is 4.90 Å². The Morgan fingerprint density at radius 2 is 2.30 bits per heavy atom. The molecule has 1 fully saturated rings. The zero-order chi connectivity index (χ0) is 14.1. The minimum atomic E-state index is -0.189. The second-order valence-corrected chi connectivity index (χ2v) is 4.69. The maximum atomic E-state index is 12.0. The number of anilines is 2. The van der Waals surface area contributed by atoms with Gasteiger partial charge in [0.15, 0.2) is 11.5 Å². The number of nitrogens with zero attached hydrogens (tertiary/aromatic N) is 4. The van der Waals surface area contributed by atoms with E-state index >= 15 is 0 Å². The fourth-order valence-corrected chi connectivity index (χ4v) is 2.60. The summed E-state index contributed by atoms with van der Waals surface area (Å²) in [4.78, 5) is 30.0. The fourth-order valence-electron chi connectivity index (χ4n) is 2.60. The standard InChI is InChI=1S/C12H17N7O/c1-13-11(20)7-4-3-5-19(7)10-8-9(16-6-15-8)17-12(14-2)18-10/h6-7H,3-5H2,1-2H3,(H,13,20)(H2,14,15,16,17,18). The van der Waals surface area contributed by atoms with Crippen LogP contribution in [0.25, 0.3) is 11.2 Å². The third-order valence-electron chi connectivity index (χ3n) is 3.56. The molecule has 2 aromatic rings. The van der Waals surface area contributed by atoms with Gasteiger partial charge < -0.3 is 20.5 Å². The average Bonchev–Trinajstić information content (AvgIpc) is 3.13. The third kappa shape index (κ3) is 1.93. The second kappa shape index (κ2) is 4.95. The SMILES string of the molecule is CNC(=O)C1CCCN1c1nc(NC)nc2nc[nH]c12. The summed E-state index contributed by atoms with van der Waals surface area (Å²) in [6, 6.07) is -0.189. The highest BCUT2D eigenvalue weighted by Gasteiger charge is 2.32. The molecule has 0 bridgehead atoms. The zero-order valence-corrected chi connectivity index (χ0v) is 11.5. The summed E-state index contributed by atoms with van der Waals surface area (Å²) in [7, 11) is 3.42. The van der Waals surface area contributed by atoms with Crippen molar-refractivity contribution >= 4 is 28.8 Å². The molecule has 1 aliphatic heterocycles. The number of imidazole rings is 1. The smallest absolute Gasteiger partial charge is 0.242 e. The van der Waals surface area contributed by atoms with Crippen LogP contribution in [0.4, 0.5) is 11.8 Å². The summed E-state index contributed by atoms with van der Waals surface area (Å²) in [6.45, 7) is 0.798. The lowest BCUT2D eigenvalue weighted by Crippen LogP contribution is -2.42. The van der Waals surface area contributed by atoms with Crippen LogP contribution in [0.5, 0.6) is 0 Å².